The van der Waals surface area contributed by atoms with Crippen LogP contribution >= 0.6 is 11.8 Å². The van der Waals surface area contributed by atoms with Crippen molar-refractivity contribution in [2.24, 2.45) is 0 Å². The summed E-state index contributed by atoms with van der Waals surface area (Å²) in [6.07, 6.45) is 5.66. The molecule has 3 heterocycles. The Morgan fingerprint density at radius 3 is 2.91 bits per heavy atom. The predicted molar refractivity (Wildman–Crippen MR) is 87.6 cm³/mol. The quantitative estimate of drug-likeness (QED) is 0.830. The van der Waals surface area contributed by atoms with Crippen molar-refractivity contribution in [1.82, 2.24) is 24.9 Å². The summed E-state index contributed by atoms with van der Waals surface area (Å²) in [5.41, 5.74) is 0.882. The largest absolute Gasteiger partial charge is 0.338 e. The summed E-state index contributed by atoms with van der Waals surface area (Å²) in [4.78, 5) is 13.3. The maximum Gasteiger partial charge on any atom is 0.241 e. The Morgan fingerprint density at radius 2 is 2.27 bits per heavy atom. The molecule has 1 aliphatic rings. The Labute approximate surface area is 134 Å². The molecule has 2 aromatic rings. The third kappa shape index (κ3) is 3.31. The first kappa shape index (κ1) is 15.5. The Bertz CT molecular complexity index is 603. The lowest BCUT2D eigenvalue weighted by molar-refractivity contribution is 0.238. The topological polar surface area (TPSA) is 58.3 Å². The van der Waals surface area contributed by atoms with E-state index >= 15 is 0 Å². The van der Waals surface area contributed by atoms with Crippen molar-refractivity contribution in [2.75, 3.05) is 33.4 Å². The summed E-state index contributed by atoms with van der Waals surface area (Å²) in [5, 5.41) is 4.67. The summed E-state index contributed by atoms with van der Waals surface area (Å²) >= 11 is 1.93. The molecule has 0 aliphatic carbocycles. The summed E-state index contributed by atoms with van der Waals surface area (Å²) in [6.45, 7) is 2.78. The molecule has 1 aliphatic heterocycles. The zero-order chi connectivity index (χ0) is 15.5. The summed E-state index contributed by atoms with van der Waals surface area (Å²) in [6, 6.07) is 4.37. The van der Waals surface area contributed by atoms with Crippen LogP contribution in [-0.4, -0.2) is 69.7 Å². The molecule has 22 heavy (non-hydrogen) atoms. The van der Waals surface area contributed by atoms with E-state index < -0.39 is 0 Å². The third-order valence-corrected chi connectivity index (χ3v) is 5.09. The van der Waals surface area contributed by atoms with E-state index in [0.29, 0.717) is 29.6 Å². The van der Waals surface area contributed by atoms with Crippen molar-refractivity contribution in [3.05, 3.63) is 30.4 Å². The van der Waals surface area contributed by atoms with Crippen LogP contribution in [0.2, 0.25) is 0 Å². The van der Waals surface area contributed by atoms with Crippen molar-refractivity contribution >= 4 is 11.8 Å². The molecule has 2 atom stereocenters. The monoisotopic (exact) mass is 319 g/mol. The molecule has 118 valence electrons. The lowest BCUT2D eigenvalue weighted by atomic mass is 10.2. The van der Waals surface area contributed by atoms with Crippen LogP contribution in [0.3, 0.4) is 0 Å². The van der Waals surface area contributed by atoms with Crippen molar-refractivity contribution in [3.8, 4) is 11.4 Å². The van der Waals surface area contributed by atoms with Gasteiger partial charge in [-0.05, 0) is 32.5 Å². The maximum atomic E-state index is 5.39. The fourth-order valence-corrected chi connectivity index (χ4v) is 3.82. The molecule has 0 unspecified atom stereocenters. The normalized spacial score (nSPS) is 22.5. The Kier molecular flexibility index (Phi) is 4.75. The predicted octanol–water partition coefficient (Wildman–Crippen LogP) is 1.61. The van der Waals surface area contributed by atoms with Gasteiger partial charge in [-0.25, -0.2) is 0 Å². The van der Waals surface area contributed by atoms with Crippen LogP contribution in [0.15, 0.2) is 29.0 Å². The molecule has 7 heteroatoms. The van der Waals surface area contributed by atoms with Crippen molar-refractivity contribution in [3.63, 3.8) is 0 Å². The smallest absolute Gasteiger partial charge is 0.241 e. The molecule has 0 N–H and O–H groups in total. The van der Waals surface area contributed by atoms with Gasteiger partial charge in [0.15, 0.2) is 0 Å². The Balaban J connectivity index is 1.66. The first-order valence-electron chi connectivity index (χ1n) is 7.32. The molecular weight excluding hydrogens is 298 g/mol. The van der Waals surface area contributed by atoms with E-state index in [-0.39, 0.29) is 0 Å². The first-order chi connectivity index (χ1) is 10.7. The zero-order valence-electron chi connectivity index (χ0n) is 13.1. The SMILES string of the molecule is CS[C@H]1CN(Cc2nc(-c3cccnc3)no2)C[C@@H]1N(C)C. The molecule has 3 rings (SSSR count). The number of likely N-dealkylation sites (tertiary alicyclic amines) is 1. The highest BCUT2D eigenvalue weighted by molar-refractivity contribution is 7.99. The Hall–Kier alpha value is -1.44. The molecule has 0 radical (unpaired) electrons. The van der Waals surface area contributed by atoms with Gasteiger partial charge in [-0.2, -0.15) is 16.7 Å². The van der Waals surface area contributed by atoms with E-state index in [1.165, 1.54) is 0 Å². The fourth-order valence-electron chi connectivity index (χ4n) is 2.81. The second-order valence-corrected chi connectivity index (χ2v) is 6.83. The van der Waals surface area contributed by atoms with E-state index in [2.05, 4.69) is 45.3 Å². The van der Waals surface area contributed by atoms with Crippen LogP contribution in [0.5, 0.6) is 0 Å². The Morgan fingerprint density at radius 1 is 1.41 bits per heavy atom. The van der Waals surface area contributed by atoms with Gasteiger partial charge in [-0.15, -0.1) is 0 Å². The van der Waals surface area contributed by atoms with Gasteiger partial charge in [0.2, 0.25) is 11.7 Å². The van der Waals surface area contributed by atoms with Gasteiger partial charge in [0.1, 0.15) is 0 Å². The molecule has 0 aromatic carbocycles. The van der Waals surface area contributed by atoms with E-state index in [1.807, 2.05) is 23.9 Å². The number of hydrogen-bond donors (Lipinski definition) is 0. The minimum Gasteiger partial charge on any atom is -0.338 e. The first-order valence-corrected chi connectivity index (χ1v) is 8.60. The van der Waals surface area contributed by atoms with Gasteiger partial charge in [0, 0.05) is 42.3 Å². The van der Waals surface area contributed by atoms with Crippen molar-refractivity contribution in [1.29, 1.82) is 0 Å². The van der Waals surface area contributed by atoms with Crippen LogP contribution in [0, 0.1) is 0 Å². The number of likely N-dealkylation sites (N-methyl/N-ethyl adjacent to an activating group) is 1. The van der Waals surface area contributed by atoms with Gasteiger partial charge >= 0.3 is 0 Å². The highest BCUT2D eigenvalue weighted by Crippen LogP contribution is 2.25. The second-order valence-electron chi connectivity index (χ2n) is 5.75. The molecule has 6 nitrogen and oxygen atoms in total. The third-order valence-electron chi connectivity index (χ3n) is 4.03. The van der Waals surface area contributed by atoms with E-state index in [0.717, 1.165) is 18.7 Å². The number of pyridine rings is 1. The molecule has 0 saturated carbocycles. The summed E-state index contributed by atoms with van der Waals surface area (Å²) in [7, 11) is 4.29. The highest BCUT2D eigenvalue weighted by atomic mass is 32.2. The second kappa shape index (κ2) is 6.76. The molecule has 0 bridgehead atoms. The number of thioether (sulfide) groups is 1. The average molecular weight is 319 g/mol. The minimum absolute atomic E-state index is 0.565. The summed E-state index contributed by atoms with van der Waals surface area (Å²) in [5.74, 6) is 1.27. The molecule has 0 amide bonds. The average Bonchev–Trinajstić information content (AvgIpc) is 3.15. The van der Waals surface area contributed by atoms with Gasteiger partial charge in [0.25, 0.3) is 0 Å². The minimum atomic E-state index is 0.565. The van der Waals surface area contributed by atoms with Gasteiger partial charge in [0.05, 0.1) is 6.54 Å². The molecule has 1 fully saturated rings. The standard InChI is InChI=1S/C15H21N5OS/c1-19(2)12-8-20(9-13(12)22-3)10-14-17-15(18-21-14)11-5-4-6-16-7-11/h4-7,12-13H,8-10H2,1-3H3/t12-,13-/m0/s1. The van der Waals surface area contributed by atoms with Crippen LogP contribution in [0.25, 0.3) is 11.4 Å². The van der Waals surface area contributed by atoms with Crippen LogP contribution in [0.4, 0.5) is 0 Å². The van der Waals surface area contributed by atoms with E-state index in [9.17, 15) is 0 Å². The molecule has 1 saturated heterocycles. The lowest BCUT2D eigenvalue weighted by Crippen LogP contribution is -2.36. The molecule has 0 spiro atoms. The fraction of sp³-hybridized carbons (Fsp3) is 0.533. The van der Waals surface area contributed by atoms with Crippen molar-refractivity contribution in [2.45, 2.75) is 17.8 Å². The highest BCUT2D eigenvalue weighted by Gasteiger charge is 2.34. The van der Waals surface area contributed by atoms with E-state index in [1.54, 1.807) is 12.4 Å². The molecular formula is C15H21N5OS. The van der Waals surface area contributed by atoms with Crippen LogP contribution < -0.4 is 0 Å². The van der Waals surface area contributed by atoms with Gasteiger partial charge in [-0.3, -0.25) is 9.88 Å². The van der Waals surface area contributed by atoms with Gasteiger partial charge < -0.3 is 9.42 Å². The number of aromatic nitrogens is 3. The van der Waals surface area contributed by atoms with E-state index in [4.69, 9.17) is 4.52 Å². The van der Waals surface area contributed by atoms with Gasteiger partial charge in [-0.1, -0.05) is 5.16 Å². The zero-order valence-corrected chi connectivity index (χ0v) is 14.0. The molecule has 2 aromatic heterocycles. The lowest BCUT2D eigenvalue weighted by Gasteiger charge is -2.23. The van der Waals surface area contributed by atoms with Crippen LogP contribution in [-0.2, 0) is 6.54 Å². The number of nitrogens with zero attached hydrogens (tertiary/aromatic N) is 5. The maximum absolute atomic E-state index is 5.39. The van der Waals surface area contributed by atoms with Crippen molar-refractivity contribution < 1.29 is 4.52 Å². The van der Waals surface area contributed by atoms with Crippen LogP contribution in [0.1, 0.15) is 5.89 Å². The number of rotatable bonds is 5. The summed E-state index contributed by atoms with van der Waals surface area (Å²) < 4.78 is 5.39. The number of hydrogen-bond acceptors (Lipinski definition) is 7.